The molecular weight excluding hydrogens is 307 g/mol. The highest BCUT2D eigenvalue weighted by Crippen LogP contribution is 2.18. The molecule has 0 aliphatic rings. The van der Waals surface area contributed by atoms with Crippen molar-refractivity contribution in [3.63, 3.8) is 0 Å². The van der Waals surface area contributed by atoms with Gasteiger partial charge in [-0.05, 0) is 30.7 Å². The molecule has 0 heterocycles. The Bertz CT molecular complexity index is 432. The van der Waals surface area contributed by atoms with E-state index in [9.17, 15) is 9.59 Å². The Balaban J connectivity index is 3.03. The van der Waals surface area contributed by atoms with E-state index >= 15 is 0 Å². The summed E-state index contributed by atoms with van der Waals surface area (Å²) in [6.45, 7) is 2.03. The topological polar surface area (TPSA) is 43.4 Å². The van der Waals surface area contributed by atoms with E-state index in [4.69, 9.17) is 16.3 Å². The number of alkyl halides is 1. The van der Waals surface area contributed by atoms with Crippen LogP contribution in [-0.4, -0.2) is 23.7 Å². The zero-order valence-corrected chi connectivity index (χ0v) is 11.7. The van der Waals surface area contributed by atoms with Crippen LogP contribution in [0.3, 0.4) is 0 Å². The van der Waals surface area contributed by atoms with Crippen molar-refractivity contribution >= 4 is 39.3 Å². The molecular formula is C12H12BrClO3. The maximum absolute atomic E-state index is 11.7. The largest absolute Gasteiger partial charge is 0.462 e. The van der Waals surface area contributed by atoms with Crippen molar-refractivity contribution in [3.8, 4) is 0 Å². The fourth-order valence-corrected chi connectivity index (χ4v) is 1.77. The quantitative estimate of drug-likeness (QED) is 0.619. The Morgan fingerprint density at radius 2 is 2.12 bits per heavy atom. The third-order valence-electron chi connectivity index (χ3n) is 2.10. The average Bonchev–Trinajstić information content (AvgIpc) is 2.29. The zero-order valence-electron chi connectivity index (χ0n) is 9.33. The van der Waals surface area contributed by atoms with Gasteiger partial charge < -0.3 is 4.74 Å². The number of Topliss-reactive ketones (excluding diaryl/α,β-unsaturated/α-hetero) is 1. The van der Waals surface area contributed by atoms with Crippen molar-refractivity contribution in [1.82, 2.24) is 0 Å². The van der Waals surface area contributed by atoms with Gasteiger partial charge in [0.15, 0.2) is 0 Å². The van der Waals surface area contributed by atoms with E-state index in [-0.39, 0.29) is 17.5 Å². The van der Waals surface area contributed by atoms with Crippen LogP contribution in [0.1, 0.15) is 22.8 Å². The van der Waals surface area contributed by atoms with E-state index in [1.807, 2.05) is 0 Å². The first kappa shape index (κ1) is 14.2. The van der Waals surface area contributed by atoms with Crippen LogP contribution in [0, 0.1) is 0 Å². The van der Waals surface area contributed by atoms with Crippen LogP contribution in [0.25, 0.3) is 0 Å². The van der Waals surface area contributed by atoms with Gasteiger partial charge in [0.2, 0.25) is 0 Å². The number of carbonyl (C=O) groups excluding carboxylic acids is 2. The Labute approximate surface area is 113 Å². The molecule has 0 fully saturated rings. The Hall–Kier alpha value is -0.870. The van der Waals surface area contributed by atoms with Gasteiger partial charge in [0.25, 0.3) is 0 Å². The first-order valence-electron chi connectivity index (χ1n) is 5.11. The highest BCUT2D eigenvalue weighted by atomic mass is 79.9. The molecule has 92 valence electrons. The summed E-state index contributed by atoms with van der Waals surface area (Å²) >= 11 is 8.93. The van der Waals surface area contributed by atoms with Gasteiger partial charge in [-0.3, -0.25) is 4.79 Å². The second-order valence-corrected chi connectivity index (χ2v) is 4.37. The van der Waals surface area contributed by atoms with Crippen molar-refractivity contribution in [2.45, 2.75) is 13.3 Å². The lowest BCUT2D eigenvalue weighted by Gasteiger charge is -2.08. The summed E-state index contributed by atoms with van der Waals surface area (Å²) in [6, 6.07) is 4.81. The van der Waals surface area contributed by atoms with Gasteiger partial charge in [0, 0.05) is 11.4 Å². The van der Waals surface area contributed by atoms with Gasteiger partial charge >= 0.3 is 5.97 Å². The first-order chi connectivity index (χ1) is 8.08. The van der Waals surface area contributed by atoms with Crippen LogP contribution < -0.4 is 0 Å². The second kappa shape index (κ2) is 6.77. The average molecular weight is 320 g/mol. The summed E-state index contributed by atoms with van der Waals surface area (Å²) in [5.41, 5.74) is 0.992. The third-order valence-corrected chi connectivity index (χ3v) is 2.96. The van der Waals surface area contributed by atoms with E-state index in [0.29, 0.717) is 22.8 Å². The molecule has 0 atom stereocenters. The molecule has 5 heteroatoms. The summed E-state index contributed by atoms with van der Waals surface area (Å²) in [5, 5.41) is 0.748. The molecule has 0 aliphatic heterocycles. The molecule has 0 amide bonds. The fraction of sp³-hybridized carbons (Fsp3) is 0.333. The number of hydrogen-bond donors (Lipinski definition) is 0. The van der Waals surface area contributed by atoms with Gasteiger partial charge in [0.05, 0.1) is 17.5 Å². The second-order valence-electron chi connectivity index (χ2n) is 3.37. The first-order valence-corrected chi connectivity index (χ1v) is 6.61. The zero-order chi connectivity index (χ0) is 12.8. The summed E-state index contributed by atoms with van der Waals surface area (Å²) < 4.78 is 4.92. The normalized spacial score (nSPS) is 10.1. The van der Waals surface area contributed by atoms with Gasteiger partial charge in [-0.25, -0.2) is 4.79 Å². The van der Waals surface area contributed by atoms with Gasteiger partial charge in [-0.2, -0.15) is 0 Å². The Kier molecular flexibility index (Phi) is 5.65. The monoisotopic (exact) mass is 318 g/mol. The minimum Gasteiger partial charge on any atom is -0.462 e. The maximum Gasteiger partial charge on any atom is 0.338 e. The van der Waals surface area contributed by atoms with Crippen LogP contribution in [-0.2, 0) is 16.0 Å². The van der Waals surface area contributed by atoms with Gasteiger partial charge in [-0.1, -0.05) is 27.5 Å². The minimum absolute atomic E-state index is 0.0159. The highest BCUT2D eigenvalue weighted by molar-refractivity contribution is 9.09. The van der Waals surface area contributed by atoms with E-state index in [1.54, 1.807) is 25.1 Å². The van der Waals surface area contributed by atoms with Crippen LogP contribution >= 0.6 is 27.5 Å². The number of benzene rings is 1. The third kappa shape index (κ3) is 4.13. The number of esters is 1. The van der Waals surface area contributed by atoms with Crippen molar-refractivity contribution in [3.05, 3.63) is 34.3 Å². The number of ether oxygens (including phenoxy) is 1. The van der Waals surface area contributed by atoms with Crippen molar-refractivity contribution in [2.75, 3.05) is 11.9 Å². The van der Waals surface area contributed by atoms with E-state index in [2.05, 4.69) is 15.9 Å². The number of rotatable bonds is 5. The molecule has 1 aromatic rings. The smallest absolute Gasteiger partial charge is 0.338 e. The van der Waals surface area contributed by atoms with Gasteiger partial charge in [0.1, 0.15) is 5.78 Å². The van der Waals surface area contributed by atoms with Crippen LogP contribution in [0.15, 0.2) is 18.2 Å². The molecule has 3 nitrogen and oxygen atoms in total. The number of ketones is 1. The van der Waals surface area contributed by atoms with Crippen molar-refractivity contribution < 1.29 is 14.3 Å². The lowest BCUT2D eigenvalue weighted by molar-refractivity contribution is -0.115. The number of carbonyl (C=O) groups is 2. The number of hydrogen-bond acceptors (Lipinski definition) is 3. The summed E-state index contributed by atoms with van der Waals surface area (Å²) in [5.74, 6) is -0.445. The lowest BCUT2D eigenvalue weighted by atomic mass is 10.0. The molecule has 17 heavy (non-hydrogen) atoms. The van der Waals surface area contributed by atoms with E-state index < -0.39 is 5.97 Å². The molecule has 0 unspecified atom stereocenters. The molecule has 0 aliphatic carbocycles. The molecule has 0 saturated carbocycles. The van der Waals surface area contributed by atoms with Crippen molar-refractivity contribution in [1.29, 1.82) is 0 Å². The molecule has 1 rings (SSSR count). The van der Waals surface area contributed by atoms with E-state index in [0.717, 1.165) is 0 Å². The van der Waals surface area contributed by atoms with Crippen LogP contribution in [0.5, 0.6) is 0 Å². The lowest BCUT2D eigenvalue weighted by Crippen LogP contribution is -2.12. The maximum atomic E-state index is 11.7. The van der Waals surface area contributed by atoms with Crippen LogP contribution in [0.4, 0.5) is 0 Å². The molecule has 0 N–H and O–H groups in total. The molecule has 0 saturated heterocycles. The summed E-state index contributed by atoms with van der Waals surface area (Å²) in [7, 11) is 0. The molecule has 0 radical (unpaired) electrons. The van der Waals surface area contributed by atoms with Crippen LogP contribution in [0.2, 0.25) is 5.02 Å². The highest BCUT2D eigenvalue weighted by Gasteiger charge is 2.14. The fourth-order valence-electron chi connectivity index (χ4n) is 1.38. The van der Waals surface area contributed by atoms with Gasteiger partial charge in [-0.15, -0.1) is 0 Å². The minimum atomic E-state index is -0.429. The standard InChI is InChI=1S/C12H12BrClO3/c1-2-17-12(16)11-4-3-9(14)5-8(11)6-10(15)7-13/h3-5H,2,6-7H2,1H3. The molecule has 0 bridgehead atoms. The summed E-state index contributed by atoms with van der Waals surface area (Å²) in [6.07, 6.45) is 0.167. The number of halogens is 2. The SMILES string of the molecule is CCOC(=O)c1ccc(Cl)cc1CC(=O)CBr. The predicted molar refractivity (Wildman–Crippen MR) is 69.9 cm³/mol. The van der Waals surface area contributed by atoms with Crippen molar-refractivity contribution in [2.24, 2.45) is 0 Å². The Morgan fingerprint density at radius 3 is 2.71 bits per heavy atom. The summed E-state index contributed by atoms with van der Waals surface area (Å²) in [4.78, 5) is 23.0. The molecule has 0 aromatic heterocycles. The predicted octanol–water partition coefficient (Wildman–Crippen LogP) is 3.02. The van der Waals surface area contributed by atoms with E-state index in [1.165, 1.54) is 0 Å². The molecule has 1 aromatic carbocycles. The Morgan fingerprint density at radius 1 is 1.41 bits per heavy atom. The molecule has 0 spiro atoms.